The molecular weight excluding hydrogens is 351 g/mol. The fraction of sp³-hybridized carbons (Fsp3) is 0.235. The molecule has 0 radical (unpaired) electrons. The van der Waals surface area contributed by atoms with E-state index in [4.69, 9.17) is 0 Å². The van der Waals surface area contributed by atoms with E-state index in [0.29, 0.717) is 11.8 Å². The summed E-state index contributed by atoms with van der Waals surface area (Å²) in [5, 5.41) is 16.2. The SMILES string of the molecule is Cc1cccc(C)c1NC(=O)CNc1ccc(C(F)(F)F)cc1[N+](=O)[O-]. The van der Waals surface area contributed by atoms with E-state index in [1.165, 1.54) is 0 Å². The Morgan fingerprint density at radius 3 is 2.31 bits per heavy atom. The summed E-state index contributed by atoms with van der Waals surface area (Å²) in [6.45, 7) is 3.30. The van der Waals surface area contributed by atoms with Crippen LogP contribution in [0.5, 0.6) is 0 Å². The van der Waals surface area contributed by atoms with Crippen molar-refractivity contribution in [3.8, 4) is 0 Å². The number of nitrogens with one attached hydrogen (secondary N) is 2. The molecule has 0 aliphatic carbocycles. The highest BCUT2D eigenvalue weighted by Gasteiger charge is 2.33. The first-order chi connectivity index (χ1) is 12.1. The minimum absolute atomic E-state index is 0.167. The van der Waals surface area contributed by atoms with E-state index in [-0.39, 0.29) is 12.2 Å². The first-order valence-corrected chi connectivity index (χ1v) is 7.55. The summed E-state index contributed by atoms with van der Waals surface area (Å²) in [5.41, 5.74) is 0.271. The van der Waals surface area contributed by atoms with Gasteiger partial charge in [-0.1, -0.05) is 18.2 Å². The summed E-state index contributed by atoms with van der Waals surface area (Å²) in [4.78, 5) is 22.2. The van der Waals surface area contributed by atoms with Crippen molar-refractivity contribution in [2.75, 3.05) is 17.2 Å². The van der Waals surface area contributed by atoms with Crippen molar-refractivity contribution >= 4 is 23.0 Å². The molecule has 1 amide bonds. The second-order valence-corrected chi connectivity index (χ2v) is 5.66. The summed E-state index contributed by atoms with van der Waals surface area (Å²) >= 11 is 0. The van der Waals surface area contributed by atoms with E-state index in [2.05, 4.69) is 10.6 Å². The number of nitro groups is 1. The first-order valence-electron chi connectivity index (χ1n) is 7.55. The maximum absolute atomic E-state index is 12.7. The number of alkyl halides is 3. The molecule has 0 aliphatic rings. The van der Waals surface area contributed by atoms with Gasteiger partial charge in [-0.3, -0.25) is 14.9 Å². The van der Waals surface area contributed by atoms with E-state index in [1.54, 1.807) is 0 Å². The summed E-state index contributed by atoms with van der Waals surface area (Å²) in [6, 6.07) is 7.56. The lowest BCUT2D eigenvalue weighted by Gasteiger charge is -2.13. The van der Waals surface area contributed by atoms with Crippen LogP contribution in [0.3, 0.4) is 0 Å². The molecule has 2 rings (SSSR count). The Bertz CT molecular complexity index is 831. The van der Waals surface area contributed by atoms with Crippen LogP contribution in [0, 0.1) is 24.0 Å². The average Bonchev–Trinajstić information content (AvgIpc) is 2.55. The minimum Gasteiger partial charge on any atom is -0.371 e. The summed E-state index contributed by atoms with van der Waals surface area (Å²) < 4.78 is 38.1. The standard InChI is InChI=1S/C17H16F3N3O3/c1-10-4-3-5-11(2)16(10)22-15(24)9-21-13-7-6-12(17(18,19)20)8-14(13)23(25)26/h3-8,21H,9H2,1-2H3,(H,22,24). The Balaban J connectivity index is 2.14. The number of carbonyl (C=O) groups is 1. The number of aryl methyl sites for hydroxylation is 2. The quantitative estimate of drug-likeness (QED) is 0.610. The van der Waals surface area contributed by atoms with Crippen LogP contribution in [-0.2, 0) is 11.0 Å². The molecule has 2 N–H and O–H groups in total. The van der Waals surface area contributed by atoms with E-state index < -0.39 is 28.3 Å². The normalized spacial score (nSPS) is 11.1. The fourth-order valence-electron chi connectivity index (χ4n) is 2.38. The number of benzene rings is 2. The number of hydrogen-bond acceptors (Lipinski definition) is 4. The van der Waals surface area contributed by atoms with Gasteiger partial charge in [0.25, 0.3) is 5.69 Å². The molecule has 0 unspecified atom stereocenters. The number of rotatable bonds is 5. The zero-order valence-electron chi connectivity index (χ0n) is 14.0. The van der Waals surface area contributed by atoms with Crippen molar-refractivity contribution in [3.05, 3.63) is 63.2 Å². The van der Waals surface area contributed by atoms with E-state index in [0.717, 1.165) is 23.3 Å². The van der Waals surface area contributed by atoms with Crippen LogP contribution in [0.1, 0.15) is 16.7 Å². The molecule has 0 fully saturated rings. The van der Waals surface area contributed by atoms with Gasteiger partial charge in [0, 0.05) is 11.8 Å². The third kappa shape index (κ3) is 4.50. The molecule has 2 aromatic carbocycles. The molecule has 0 aromatic heterocycles. The molecule has 6 nitrogen and oxygen atoms in total. The predicted octanol–water partition coefficient (Wildman–Crippen LogP) is 4.28. The maximum Gasteiger partial charge on any atom is 0.416 e. The van der Waals surface area contributed by atoms with Gasteiger partial charge in [0.05, 0.1) is 17.0 Å². The topological polar surface area (TPSA) is 84.3 Å². The molecule has 0 spiro atoms. The molecule has 0 heterocycles. The Kier molecular flexibility index (Phi) is 5.49. The maximum atomic E-state index is 12.7. The van der Waals surface area contributed by atoms with Crippen LogP contribution in [-0.4, -0.2) is 17.4 Å². The van der Waals surface area contributed by atoms with Gasteiger partial charge in [-0.25, -0.2) is 0 Å². The monoisotopic (exact) mass is 367 g/mol. The van der Waals surface area contributed by atoms with Crippen LogP contribution < -0.4 is 10.6 Å². The lowest BCUT2D eigenvalue weighted by molar-refractivity contribution is -0.384. The lowest BCUT2D eigenvalue weighted by atomic mass is 10.1. The number of hydrogen-bond donors (Lipinski definition) is 2. The Morgan fingerprint density at radius 2 is 1.77 bits per heavy atom. The second kappa shape index (κ2) is 7.42. The second-order valence-electron chi connectivity index (χ2n) is 5.66. The largest absolute Gasteiger partial charge is 0.416 e. The van der Waals surface area contributed by atoms with Gasteiger partial charge >= 0.3 is 6.18 Å². The van der Waals surface area contributed by atoms with Crippen molar-refractivity contribution in [1.29, 1.82) is 0 Å². The van der Waals surface area contributed by atoms with Crippen molar-refractivity contribution in [2.45, 2.75) is 20.0 Å². The van der Waals surface area contributed by atoms with Gasteiger partial charge in [-0.2, -0.15) is 13.2 Å². The molecule has 0 saturated heterocycles. The van der Waals surface area contributed by atoms with Crippen LogP contribution in [0.2, 0.25) is 0 Å². The molecule has 2 aromatic rings. The first kappa shape index (κ1) is 19.2. The number of halogens is 3. The minimum atomic E-state index is -4.69. The molecule has 138 valence electrons. The highest BCUT2D eigenvalue weighted by atomic mass is 19.4. The molecule has 9 heteroatoms. The Morgan fingerprint density at radius 1 is 1.15 bits per heavy atom. The predicted molar refractivity (Wildman–Crippen MR) is 91.1 cm³/mol. The molecular formula is C17H16F3N3O3. The zero-order chi connectivity index (χ0) is 19.5. The zero-order valence-corrected chi connectivity index (χ0v) is 14.0. The van der Waals surface area contributed by atoms with Crippen molar-refractivity contribution in [1.82, 2.24) is 0 Å². The molecule has 0 saturated carbocycles. The molecule has 26 heavy (non-hydrogen) atoms. The summed E-state index contributed by atoms with van der Waals surface area (Å²) in [6.07, 6.45) is -4.69. The van der Waals surface area contributed by atoms with Gasteiger partial charge in [-0.05, 0) is 37.1 Å². The van der Waals surface area contributed by atoms with Crippen molar-refractivity contribution in [3.63, 3.8) is 0 Å². The van der Waals surface area contributed by atoms with E-state index in [1.807, 2.05) is 32.0 Å². The summed E-state index contributed by atoms with van der Waals surface area (Å²) in [5.74, 6) is -0.475. The highest BCUT2D eigenvalue weighted by Crippen LogP contribution is 2.34. The Hall–Kier alpha value is -3.10. The third-order valence-electron chi connectivity index (χ3n) is 3.71. The number of nitrogens with zero attached hydrogens (tertiary/aromatic N) is 1. The highest BCUT2D eigenvalue weighted by molar-refractivity contribution is 5.95. The third-order valence-corrected chi connectivity index (χ3v) is 3.71. The fourth-order valence-corrected chi connectivity index (χ4v) is 2.38. The van der Waals surface area contributed by atoms with Gasteiger partial charge < -0.3 is 10.6 Å². The smallest absolute Gasteiger partial charge is 0.371 e. The van der Waals surface area contributed by atoms with Gasteiger partial charge in [0.2, 0.25) is 5.91 Å². The van der Waals surface area contributed by atoms with Crippen LogP contribution in [0.4, 0.5) is 30.2 Å². The average molecular weight is 367 g/mol. The molecule has 0 aliphatic heterocycles. The lowest BCUT2D eigenvalue weighted by Crippen LogP contribution is -2.23. The van der Waals surface area contributed by atoms with Crippen LogP contribution >= 0.6 is 0 Å². The van der Waals surface area contributed by atoms with E-state index >= 15 is 0 Å². The molecule has 0 atom stereocenters. The van der Waals surface area contributed by atoms with E-state index in [9.17, 15) is 28.1 Å². The number of para-hydroxylation sites is 1. The van der Waals surface area contributed by atoms with Gasteiger partial charge in [-0.15, -0.1) is 0 Å². The number of anilines is 2. The van der Waals surface area contributed by atoms with Crippen LogP contribution in [0.15, 0.2) is 36.4 Å². The number of nitro benzene ring substituents is 1. The number of amides is 1. The summed E-state index contributed by atoms with van der Waals surface area (Å²) in [7, 11) is 0. The van der Waals surface area contributed by atoms with Gasteiger partial charge in [0.15, 0.2) is 0 Å². The van der Waals surface area contributed by atoms with Crippen molar-refractivity contribution in [2.24, 2.45) is 0 Å². The Labute approximate surface area is 147 Å². The van der Waals surface area contributed by atoms with Gasteiger partial charge in [0.1, 0.15) is 5.69 Å². The van der Waals surface area contributed by atoms with Crippen LogP contribution in [0.25, 0.3) is 0 Å². The number of carbonyl (C=O) groups excluding carboxylic acids is 1. The van der Waals surface area contributed by atoms with Crippen molar-refractivity contribution < 1.29 is 22.9 Å². The molecule has 0 bridgehead atoms.